The molecule has 2 N–H and O–H groups in total. The van der Waals surface area contributed by atoms with Gasteiger partial charge in [0.25, 0.3) is 0 Å². The lowest BCUT2D eigenvalue weighted by Gasteiger charge is -2.27. The van der Waals surface area contributed by atoms with Crippen molar-refractivity contribution in [2.24, 2.45) is 5.92 Å². The summed E-state index contributed by atoms with van der Waals surface area (Å²) in [4.78, 5) is 29.0. The zero-order valence-electron chi connectivity index (χ0n) is 15.5. The Morgan fingerprint density at radius 1 is 1.38 bits per heavy atom. The van der Waals surface area contributed by atoms with Crippen molar-refractivity contribution in [3.8, 4) is 0 Å². The lowest BCUT2D eigenvalue weighted by atomic mass is 10.1. The van der Waals surface area contributed by atoms with Crippen LogP contribution in [0.1, 0.15) is 32.6 Å². The van der Waals surface area contributed by atoms with Crippen molar-refractivity contribution in [3.05, 3.63) is 11.6 Å². The second-order valence-electron chi connectivity index (χ2n) is 7.16. The van der Waals surface area contributed by atoms with E-state index in [4.69, 9.17) is 0 Å². The average molecular weight is 407 g/mol. The predicted octanol–water partition coefficient (Wildman–Crippen LogP) is 1.20. The van der Waals surface area contributed by atoms with Crippen LogP contribution in [0.25, 0.3) is 0 Å². The van der Waals surface area contributed by atoms with Gasteiger partial charge in [-0.15, -0.1) is 24.8 Å². The van der Waals surface area contributed by atoms with E-state index in [0.29, 0.717) is 25.6 Å². The van der Waals surface area contributed by atoms with Crippen LogP contribution in [0, 0.1) is 5.92 Å². The van der Waals surface area contributed by atoms with Crippen LogP contribution >= 0.6 is 24.8 Å². The highest BCUT2D eigenvalue weighted by atomic mass is 35.5. The quantitative estimate of drug-likeness (QED) is 0.650. The molecule has 8 heteroatoms. The molecule has 0 aromatic rings. The summed E-state index contributed by atoms with van der Waals surface area (Å²) in [6.07, 6.45) is 5.89. The average Bonchev–Trinajstić information content (AvgIpc) is 3.20. The van der Waals surface area contributed by atoms with Gasteiger partial charge in [0, 0.05) is 38.6 Å². The molecule has 150 valence electrons. The molecule has 3 aliphatic rings. The van der Waals surface area contributed by atoms with E-state index >= 15 is 0 Å². The maximum absolute atomic E-state index is 12.4. The lowest BCUT2D eigenvalue weighted by molar-refractivity contribution is -0.129. The molecule has 2 saturated heterocycles. The second-order valence-corrected chi connectivity index (χ2v) is 7.16. The number of carbonyl (C=O) groups is 2. The van der Waals surface area contributed by atoms with Gasteiger partial charge in [-0.1, -0.05) is 18.6 Å². The smallest absolute Gasteiger partial charge is 0.225 e. The molecular formula is C18H32Cl2N4O2. The van der Waals surface area contributed by atoms with Crippen LogP contribution in [-0.2, 0) is 9.59 Å². The molecule has 0 aromatic carbocycles. The lowest BCUT2D eigenvalue weighted by Crippen LogP contribution is -2.41. The summed E-state index contributed by atoms with van der Waals surface area (Å²) in [6, 6.07) is 0.473. The van der Waals surface area contributed by atoms with E-state index in [0.717, 1.165) is 45.6 Å². The largest absolute Gasteiger partial charge is 0.352 e. The molecule has 2 amide bonds. The van der Waals surface area contributed by atoms with Gasteiger partial charge in [0.15, 0.2) is 0 Å². The van der Waals surface area contributed by atoms with Crippen LogP contribution in [0.3, 0.4) is 0 Å². The highest BCUT2D eigenvalue weighted by molar-refractivity contribution is 5.89. The molecule has 3 rings (SSSR count). The summed E-state index contributed by atoms with van der Waals surface area (Å²) in [5.74, 6) is -0.0143. The summed E-state index contributed by atoms with van der Waals surface area (Å²) in [6.45, 7) is 8.21. The Kier molecular flexibility index (Phi) is 9.93. The van der Waals surface area contributed by atoms with Gasteiger partial charge in [-0.25, -0.2) is 0 Å². The zero-order valence-corrected chi connectivity index (χ0v) is 17.2. The summed E-state index contributed by atoms with van der Waals surface area (Å²) in [5.41, 5.74) is 1.29. The van der Waals surface area contributed by atoms with Gasteiger partial charge in [0.2, 0.25) is 11.8 Å². The summed E-state index contributed by atoms with van der Waals surface area (Å²) in [7, 11) is 0. The third kappa shape index (κ3) is 5.84. The Hall–Kier alpha value is -0.820. The Morgan fingerprint density at radius 3 is 2.88 bits per heavy atom. The third-order valence-electron chi connectivity index (χ3n) is 5.57. The first-order valence-electron chi connectivity index (χ1n) is 9.35. The molecule has 0 aliphatic carbocycles. The number of nitrogens with zero attached hydrogens (tertiary/aromatic N) is 2. The number of halogens is 2. The molecule has 0 aromatic heterocycles. The number of nitrogens with one attached hydrogen (secondary N) is 2. The van der Waals surface area contributed by atoms with Crippen LogP contribution < -0.4 is 10.6 Å². The van der Waals surface area contributed by atoms with Gasteiger partial charge in [-0.2, -0.15) is 0 Å². The number of hydrogen-bond donors (Lipinski definition) is 2. The van der Waals surface area contributed by atoms with E-state index in [-0.39, 0.29) is 42.5 Å². The molecule has 2 unspecified atom stereocenters. The highest BCUT2D eigenvalue weighted by Crippen LogP contribution is 2.23. The summed E-state index contributed by atoms with van der Waals surface area (Å²) < 4.78 is 0. The SMILES string of the molecule is CCN1CCCC1CN1CC(C(=O)NCC2=CCNCC2)CC1=O.Cl.Cl. The standard InChI is InChI=1S/C18H30N4O2.2ClH/c1-2-21-9-3-4-16(21)13-22-12-15(10-17(22)23)18(24)20-11-14-5-7-19-8-6-14;;/h5,15-16,19H,2-4,6-13H2,1H3,(H,20,24);2*1H. The van der Waals surface area contributed by atoms with Crippen LogP contribution in [-0.4, -0.2) is 73.5 Å². The molecular weight excluding hydrogens is 375 g/mol. The van der Waals surface area contributed by atoms with Crippen LogP contribution in [0.2, 0.25) is 0 Å². The van der Waals surface area contributed by atoms with E-state index in [2.05, 4.69) is 28.5 Å². The highest BCUT2D eigenvalue weighted by Gasteiger charge is 2.36. The molecule has 3 aliphatic heterocycles. The normalized spacial score (nSPS) is 26.1. The Bertz CT molecular complexity index is 515. The van der Waals surface area contributed by atoms with Gasteiger partial charge in [-0.3, -0.25) is 14.5 Å². The minimum absolute atomic E-state index is 0. The minimum Gasteiger partial charge on any atom is -0.352 e. The van der Waals surface area contributed by atoms with Crippen molar-refractivity contribution >= 4 is 36.6 Å². The number of carbonyl (C=O) groups excluding carboxylic acids is 2. The topological polar surface area (TPSA) is 64.7 Å². The molecule has 0 bridgehead atoms. The maximum atomic E-state index is 12.4. The van der Waals surface area contributed by atoms with Crippen molar-refractivity contribution in [3.63, 3.8) is 0 Å². The van der Waals surface area contributed by atoms with Gasteiger partial charge in [0.05, 0.1) is 5.92 Å². The predicted molar refractivity (Wildman–Crippen MR) is 108 cm³/mol. The van der Waals surface area contributed by atoms with E-state index in [1.165, 1.54) is 12.0 Å². The van der Waals surface area contributed by atoms with Crippen molar-refractivity contribution in [1.82, 2.24) is 20.4 Å². The van der Waals surface area contributed by atoms with Gasteiger partial charge >= 0.3 is 0 Å². The fourth-order valence-corrected chi connectivity index (χ4v) is 4.07. The van der Waals surface area contributed by atoms with Gasteiger partial charge < -0.3 is 15.5 Å². The van der Waals surface area contributed by atoms with Gasteiger partial charge in [-0.05, 0) is 38.9 Å². The molecule has 6 nitrogen and oxygen atoms in total. The first kappa shape index (κ1) is 23.2. The Labute approximate surface area is 168 Å². The monoisotopic (exact) mass is 406 g/mol. The molecule has 0 radical (unpaired) electrons. The Morgan fingerprint density at radius 2 is 2.19 bits per heavy atom. The van der Waals surface area contributed by atoms with E-state index in [9.17, 15) is 9.59 Å². The van der Waals surface area contributed by atoms with E-state index < -0.39 is 0 Å². The van der Waals surface area contributed by atoms with Crippen molar-refractivity contribution in [1.29, 1.82) is 0 Å². The summed E-state index contributed by atoms with van der Waals surface area (Å²) in [5, 5.41) is 6.29. The van der Waals surface area contributed by atoms with E-state index in [1.54, 1.807) is 0 Å². The first-order valence-corrected chi connectivity index (χ1v) is 9.35. The number of hydrogen-bond acceptors (Lipinski definition) is 4. The van der Waals surface area contributed by atoms with Crippen LogP contribution in [0.15, 0.2) is 11.6 Å². The number of rotatable bonds is 6. The number of likely N-dealkylation sites (N-methyl/N-ethyl adjacent to an activating group) is 1. The van der Waals surface area contributed by atoms with Crippen molar-refractivity contribution in [2.75, 3.05) is 45.8 Å². The van der Waals surface area contributed by atoms with Crippen molar-refractivity contribution < 1.29 is 9.59 Å². The fraction of sp³-hybridized carbons (Fsp3) is 0.778. The molecule has 2 fully saturated rings. The Balaban J connectivity index is 0.00000169. The molecule has 2 atom stereocenters. The minimum atomic E-state index is -0.184. The molecule has 0 saturated carbocycles. The number of likely N-dealkylation sites (tertiary alicyclic amines) is 2. The van der Waals surface area contributed by atoms with Crippen LogP contribution in [0.4, 0.5) is 0 Å². The number of amides is 2. The van der Waals surface area contributed by atoms with E-state index in [1.807, 2.05) is 4.90 Å². The van der Waals surface area contributed by atoms with Gasteiger partial charge in [0.1, 0.15) is 0 Å². The maximum Gasteiger partial charge on any atom is 0.225 e. The summed E-state index contributed by atoms with van der Waals surface area (Å²) >= 11 is 0. The van der Waals surface area contributed by atoms with Crippen molar-refractivity contribution in [2.45, 2.75) is 38.6 Å². The third-order valence-corrected chi connectivity index (χ3v) is 5.57. The second kappa shape index (κ2) is 11.1. The molecule has 3 heterocycles. The first-order chi connectivity index (χ1) is 11.7. The fourth-order valence-electron chi connectivity index (χ4n) is 4.07. The zero-order chi connectivity index (χ0) is 16.9. The van der Waals surface area contributed by atoms with Crippen LogP contribution in [0.5, 0.6) is 0 Å². The molecule has 26 heavy (non-hydrogen) atoms. The molecule has 0 spiro atoms.